The van der Waals surface area contributed by atoms with Crippen molar-refractivity contribution in [2.75, 3.05) is 11.1 Å². The van der Waals surface area contributed by atoms with E-state index in [1.165, 1.54) is 6.07 Å². The van der Waals surface area contributed by atoms with Crippen molar-refractivity contribution in [2.24, 2.45) is 0 Å². The molecule has 0 saturated heterocycles. The summed E-state index contributed by atoms with van der Waals surface area (Å²) in [6, 6.07) is 3.73. The predicted octanol–water partition coefficient (Wildman–Crippen LogP) is 2.73. The molecule has 0 aliphatic carbocycles. The maximum absolute atomic E-state index is 13.3. The predicted molar refractivity (Wildman–Crippen MR) is 61.1 cm³/mol. The van der Waals surface area contributed by atoms with E-state index < -0.39 is 11.6 Å². The van der Waals surface area contributed by atoms with Crippen molar-refractivity contribution in [3.63, 3.8) is 0 Å². The number of halogens is 3. The fraction of sp³-hybridized carbons (Fsp3) is 0. The van der Waals surface area contributed by atoms with Gasteiger partial charge in [-0.2, -0.15) is 4.98 Å². The first-order valence-electron chi connectivity index (χ1n) is 4.56. The number of nitrogen functional groups attached to an aromatic ring is 1. The highest BCUT2D eigenvalue weighted by atomic mass is 35.5. The number of rotatable bonds is 2. The van der Waals surface area contributed by atoms with Crippen molar-refractivity contribution >= 4 is 29.1 Å². The minimum Gasteiger partial charge on any atom is -0.368 e. The van der Waals surface area contributed by atoms with Crippen LogP contribution in [0.25, 0.3) is 0 Å². The lowest BCUT2D eigenvalue weighted by atomic mass is 10.3. The van der Waals surface area contributed by atoms with E-state index in [4.69, 9.17) is 17.3 Å². The van der Waals surface area contributed by atoms with Crippen LogP contribution in [0.5, 0.6) is 0 Å². The van der Waals surface area contributed by atoms with E-state index in [2.05, 4.69) is 15.3 Å². The maximum Gasteiger partial charge on any atom is 0.222 e. The van der Waals surface area contributed by atoms with Gasteiger partial charge in [-0.15, -0.1) is 0 Å². The van der Waals surface area contributed by atoms with Gasteiger partial charge < -0.3 is 11.1 Å². The highest BCUT2D eigenvalue weighted by Crippen LogP contribution is 2.22. The summed E-state index contributed by atoms with van der Waals surface area (Å²) >= 11 is 5.66. The van der Waals surface area contributed by atoms with E-state index in [1.807, 2.05) is 0 Å². The lowest BCUT2D eigenvalue weighted by Gasteiger charge is -2.07. The molecular weight excluding hydrogens is 250 g/mol. The van der Waals surface area contributed by atoms with E-state index in [1.54, 1.807) is 0 Å². The molecule has 1 heterocycles. The average Bonchev–Trinajstić information content (AvgIpc) is 2.22. The van der Waals surface area contributed by atoms with Gasteiger partial charge in [0.25, 0.3) is 0 Å². The Balaban J connectivity index is 2.34. The van der Waals surface area contributed by atoms with Gasteiger partial charge in [0.05, 0.1) is 6.20 Å². The van der Waals surface area contributed by atoms with Gasteiger partial charge in [-0.1, -0.05) is 11.6 Å². The zero-order valence-corrected chi connectivity index (χ0v) is 9.17. The first-order valence-corrected chi connectivity index (χ1v) is 4.93. The van der Waals surface area contributed by atoms with Crippen LogP contribution in [0.15, 0.2) is 24.4 Å². The number of benzene rings is 1. The quantitative estimate of drug-likeness (QED) is 0.867. The van der Waals surface area contributed by atoms with Gasteiger partial charge in [0.1, 0.15) is 5.82 Å². The molecule has 2 rings (SSSR count). The molecule has 1 aromatic carbocycles. The van der Waals surface area contributed by atoms with Gasteiger partial charge in [0.15, 0.2) is 11.6 Å². The summed E-state index contributed by atoms with van der Waals surface area (Å²) in [5, 5.41) is 2.75. The van der Waals surface area contributed by atoms with Crippen molar-refractivity contribution in [1.29, 1.82) is 0 Å². The molecule has 1 aromatic heterocycles. The van der Waals surface area contributed by atoms with Crippen LogP contribution in [0.3, 0.4) is 0 Å². The second-order valence-electron chi connectivity index (χ2n) is 3.21. The summed E-state index contributed by atoms with van der Waals surface area (Å²) < 4.78 is 26.3. The molecule has 4 nitrogen and oxygen atoms in total. The molecule has 0 spiro atoms. The van der Waals surface area contributed by atoms with Crippen LogP contribution < -0.4 is 11.1 Å². The van der Waals surface area contributed by atoms with Crippen LogP contribution in [-0.4, -0.2) is 9.97 Å². The van der Waals surface area contributed by atoms with Gasteiger partial charge in [-0.3, -0.25) is 0 Å². The summed E-state index contributed by atoms with van der Waals surface area (Å²) in [7, 11) is 0. The second-order valence-corrected chi connectivity index (χ2v) is 3.64. The van der Waals surface area contributed by atoms with Gasteiger partial charge in [-0.05, 0) is 18.2 Å². The summed E-state index contributed by atoms with van der Waals surface area (Å²) in [5.74, 6) is -1.46. The number of anilines is 3. The topological polar surface area (TPSA) is 63.8 Å². The summed E-state index contributed by atoms with van der Waals surface area (Å²) in [5.41, 5.74) is 5.58. The third kappa shape index (κ3) is 2.79. The first kappa shape index (κ1) is 11.5. The van der Waals surface area contributed by atoms with Crippen LogP contribution in [0.4, 0.5) is 26.2 Å². The Bertz CT molecular complexity index is 542. The minimum atomic E-state index is -0.695. The number of nitrogens with zero attached hydrogens (tertiary/aromatic N) is 2. The Morgan fingerprint density at radius 2 is 2.00 bits per heavy atom. The van der Waals surface area contributed by atoms with E-state index in [9.17, 15) is 8.78 Å². The number of hydrogen-bond donors (Lipinski definition) is 2. The van der Waals surface area contributed by atoms with Crippen LogP contribution in [0.2, 0.25) is 5.02 Å². The summed E-state index contributed by atoms with van der Waals surface area (Å²) in [6.07, 6.45) is 0.922. The van der Waals surface area contributed by atoms with Crippen molar-refractivity contribution in [3.05, 3.63) is 41.1 Å². The maximum atomic E-state index is 13.3. The summed E-state index contributed by atoms with van der Waals surface area (Å²) in [6.45, 7) is 0. The number of hydrogen-bond acceptors (Lipinski definition) is 4. The number of nitrogens with two attached hydrogens (primary N) is 1. The average molecular weight is 257 g/mol. The molecule has 3 N–H and O–H groups in total. The van der Waals surface area contributed by atoms with Crippen LogP contribution in [-0.2, 0) is 0 Å². The number of aromatic nitrogens is 2. The van der Waals surface area contributed by atoms with Gasteiger partial charge >= 0.3 is 0 Å². The van der Waals surface area contributed by atoms with Crippen molar-refractivity contribution in [2.45, 2.75) is 0 Å². The van der Waals surface area contributed by atoms with Crippen LogP contribution >= 0.6 is 11.6 Å². The smallest absolute Gasteiger partial charge is 0.222 e. The molecule has 0 amide bonds. The lowest BCUT2D eigenvalue weighted by Crippen LogP contribution is -2.02. The highest BCUT2D eigenvalue weighted by Gasteiger charge is 2.07. The molecule has 0 atom stereocenters. The van der Waals surface area contributed by atoms with Gasteiger partial charge in [0, 0.05) is 10.7 Å². The Hall–Kier alpha value is -1.95. The Morgan fingerprint density at radius 1 is 1.24 bits per heavy atom. The van der Waals surface area contributed by atoms with Gasteiger partial charge in [-0.25, -0.2) is 13.8 Å². The van der Waals surface area contributed by atoms with Gasteiger partial charge in [0.2, 0.25) is 5.95 Å². The molecule has 7 heteroatoms. The van der Waals surface area contributed by atoms with E-state index in [0.717, 1.165) is 18.3 Å². The Labute approximate surface area is 100 Å². The molecule has 2 aromatic rings. The molecule has 17 heavy (non-hydrogen) atoms. The molecule has 0 fully saturated rings. The third-order valence-corrected chi connectivity index (χ3v) is 2.11. The van der Waals surface area contributed by atoms with Crippen LogP contribution in [0, 0.1) is 11.6 Å². The van der Waals surface area contributed by atoms with E-state index in [-0.39, 0.29) is 22.5 Å². The normalized spacial score (nSPS) is 10.3. The van der Waals surface area contributed by atoms with Crippen molar-refractivity contribution in [1.82, 2.24) is 9.97 Å². The molecule has 0 radical (unpaired) electrons. The zero-order chi connectivity index (χ0) is 12.4. The largest absolute Gasteiger partial charge is 0.368 e. The molecule has 0 saturated carbocycles. The SMILES string of the molecule is Nc1ncc(F)c(Nc2cc(F)cc(Cl)c2)n1. The summed E-state index contributed by atoms with van der Waals surface area (Å²) in [4.78, 5) is 7.11. The fourth-order valence-corrected chi connectivity index (χ4v) is 1.45. The first-order chi connectivity index (χ1) is 8.04. The standard InChI is InChI=1S/C10H7ClF2N4/c11-5-1-6(12)3-7(2-5)16-9-8(13)4-15-10(14)17-9/h1-4H,(H3,14,15,16,17). The van der Waals surface area contributed by atoms with Crippen LogP contribution in [0.1, 0.15) is 0 Å². The van der Waals surface area contributed by atoms with E-state index >= 15 is 0 Å². The molecule has 88 valence electrons. The molecular formula is C10H7ClF2N4. The molecule has 0 bridgehead atoms. The molecule has 0 aliphatic heterocycles. The van der Waals surface area contributed by atoms with Crippen molar-refractivity contribution < 1.29 is 8.78 Å². The molecule has 0 aliphatic rings. The zero-order valence-electron chi connectivity index (χ0n) is 8.42. The molecule has 0 unspecified atom stereocenters. The monoisotopic (exact) mass is 256 g/mol. The number of nitrogens with one attached hydrogen (secondary N) is 1. The third-order valence-electron chi connectivity index (χ3n) is 1.89. The Kier molecular flexibility index (Phi) is 3.06. The lowest BCUT2D eigenvalue weighted by molar-refractivity contribution is 0.619. The fourth-order valence-electron chi connectivity index (χ4n) is 1.23. The van der Waals surface area contributed by atoms with E-state index in [0.29, 0.717) is 0 Å². The Morgan fingerprint density at radius 3 is 2.71 bits per heavy atom. The minimum absolute atomic E-state index is 0.0867. The second kappa shape index (κ2) is 4.50. The highest BCUT2D eigenvalue weighted by molar-refractivity contribution is 6.30. The van der Waals surface area contributed by atoms with Crippen molar-refractivity contribution in [3.8, 4) is 0 Å².